The Kier molecular flexibility index (Phi) is 7.03. The van der Waals surface area contributed by atoms with E-state index in [9.17, 15) is 14.7 Å². The summed E-state index contributed by atoms with van der Waals surface area (Å²) in [6.45, 7) is 0.0527. The third-order valence-corrected chi connectivity index (χ3v) is 4.75. The van der Waals surface area contributed by atoms with Crippen LogP contribution in [-0.2, 0) is 17.8 Å². The minimum Gasteiger partial charge on any atom is -0.480 e. The van der Waals surface area contributed by atoms with E-state index in [1.54, 1.807) is 24.3 Å². The van der Waals surface area contributed by atoms with Crippen LogP contribution in [0.4, 0.5) is 5.82 Å². The van der Waals surface area contributed by atoms with Crippen LogP contribution in [0.25, 0.3) is 11.3 Å². The van der Waals surface area contributed by atoms with Gasteiger partial charge in [0.1, 0.15) is 6.54 Å². The molecule has 0 bridgehead atoms. The number of hydrogen-bond acceptors (Lipinski definition) is 4. The first-order valence-electron chi connectivity index (χ1n) is 9.41. The van der Waals surface area contributed by atoms with Crippen LogP contribution in [0.2, 0.25) is 5.15 Å². The Morgan fingerprint density at radius 3 is 2.34 bits per heavy atom. The van der Waals surface area contributed by atoms with E-state index in [1.165, 1.54) is 5.56 Å². The van der Waals surface area contributed by atoms with Crippen molar-refractivity contribution in [1.29, 1.82) is 0 Å². The maximum Gasteiger partial charge on any atom is 0.323 e. The average molecular weight is 412 g/mol. The first kappa shape index (κ1) is 20.6. The van der Waals surface area contributed by atoms with Crippen molar-refractivity contribution in [3.63, 3.8) is 0 Å². The minimum absolute atomic E-state index is 0.0654. The van der Waals surface area contributed by atoms with Gasteiger partial charge in [0.25, 0.3) is 5.56 Å². The van der Waals surface area contributed by atoms with Crippen LogP contribution >= 0.6 is 11.6 Å². The van der Waals surface area contributed by atoms with E-state index in [0.717, 1.165) is 23.8 Å². The number of aliphatic carboxylic acids is 1. The summed E-state index contributed by atoms with van der Waals surface area (Å²) in [5.74, 6) is -1.06. The fourth-order valence-corrected chi connectivity index (χ4v) is 3.41. The number of rotatable bonds is 9. The van der Waals surface area contributed by atoms with Crippen molar-refractivity contribution in [3.05, 3.63) is 81.7 Å². The van der Waals surface area contributed by atoms with Crippen molar-refractivity contribution in [3.8, 4) is 11.3 Å². The lowest BCUT2D eigenvalue weighted by molar-refractivity contribution is -0.137. The molecule has 3 rings (SSSR count). The highest BCUT2D eigenvalue weighted by Crippen LogP contribution is 2.26. The van der Waals surface area contributed by atoms with E-state index in [0.29, 0.717) is 17.8 Å². The van der Waals surface area contributed by atoms with Crippen LogP contribution in [0, 0.1) is 0 Å². The molecule has 0 saturated heterocycles. The topological polar surface area (TPSA) is 84.2 Å². The number of carboxylic acids is 1. The van der Waals surface area contributed by atoms with Gasteiger partial charge >= 0.3 is 5.97 Å². The van der Waals surface area contributed by atoms with Gasteiger partial charge in [0.05, 0.1) is 5.69 Å². The molecule has 150 valence electrons. The van der Waals surface area contributed by atoms with Crippen LogP contribution in [-0.4, -0.2) is 27.2 Å². The van der Waals surface area contributed by atoms with E-state index in [-0.39, 0.29) is 11.0 Å². The van der Waals surface area contributed by atoms with Crippen molar-refractivity contribution >= 4 is 23.4 Å². The maximum absolute atomic E-state index is 12.9. The number of aryl methyl sites for hydroxylation is 1. The van der Waals surface area contributed by atoms with Gasteiger partial charge in [-0.15, -0.1) is 0 Å². The predicted octanol–water partition coefficient (Wildman–Crippen LogP) is 4.08. The molecular formula is C22H22ClN3O3. The van der Waals surface area contributed by atoms with Crippen LogP contribution < -0.4 is 10.9 Å². The van der Waals surface area contributed by atoms with Crippen molar-refractivity contribution in [2.24, 2.45) is 0 Å². The van der Waals surface area contributed by atoms with Gasteiger partial charge < -0.3 is 10.4 Å². The fourth-order valence-electron chi connectivity index (χ4n) is 3.12. The van der Waals surface area contributed by atoms with E-state index in [2.05, 4.69) is 22.4 Å². The van der Waals surface area contributed by atoms with Crippen molar-refractivity contribution < 1.29 is 9.90 Å². The quantitative estimate of drug-likeness (QED) is 0.518. The van der Waals surface area contributed by atoms with E-state index in [1.807, 2.05) is 24.3 Å². The highest BCUT2D eigenvalue weighted by molar-refractivity contribution is 6.32. The van der Waals surface area contributed by atoms with Gasteiger partial charge in [-0.2, -0.15) is 0 Å². The molecule has 0 amide bonds. The number of nitrogens with zero attached hydrogens (tertiary/aromatic N) is 2. The molecule has 1 aromatic heterocycles. The lowest BCUT2D eigenvalue weighted by Crippen LogP contribution is -2.29. The van der Waals surface area contributed by atoms with Crippen LogP contribution in [0.1, 0.15) is 18.4 Å². The predicted molar refractivity (Wildman–Crippen MR) is 114 cm³/mol. The van der Waals surface area contributed by atoms with Gasteiger partial charge in [-0.3, -0.25) is 14.2 Å². The summed E-state index contributed by atoms with van der Waals surface area (Å²) in [5, 5.41) is 12.4. The normalized spacial score (nSPS) is 10.7. The van der Waals surface area contributed by atoms with Gasteiger partial charge in [-0.25, -0.2) is 4.98 Å². The molecule has 0 aliphatic heterocycles. The molecule has 2 aromatic carbocycles. The molecule has 2 N–H and O–H groups in total. The monoisotopic (exact) mass is 411 g/mol. The summed E-state index contributed by atoms with van der Waals surface area (Å²) < 4.78 is 1.15. The highest BCUT2D eigenvalue weighted by atomic mass is 35.5. The number of hydrogen-bond donors (Lipinski definition) is 2. The lowest BCUT2D eigenvalue weighted by atomic mass is 10.1. The molecule has 0 radical (unpaired) electrons. The second-order valence-corrected chi connectivity index (χ2v) is 6.98. The number of benzene rings is 2. The molecule has 0 spiro atoms. The van der Waals surface area contributed by atoms with Crippen LogP contribution in [0.5, 0.6) is 0 Å². The zero-order valence-corrected chi connectivity index (χ0v) is 16.6. The third-order valence-electron chi connectivity index (χ3n) is 4.49. The second kappa shape index (κ2) is 9.89. The van der Waals surface area contributed by atoms with E-state index < -0.39 is 18.1 Å². The van der Waals surface area contributed by atoms with Crippen molar-refractivity contribution in [2.45, 2.75) is 25.8 Å². The first-order chi connectivity index (χ1) is 14.1. The van der Waals surface area contributed by atoms with Gasteiger partial charge in [0.15, 0.2) is 11.0 Å². The molecule has 6 nitrogen and oxygen atoms in total. The SMILES string of the molecule is O=C(O)Cn1c(-c2ccccc2)c(Cl)nc(NCCCCc2ccccc2)c1=O. The Hall–Kier alpha value is -3.12. The molecule has 1 heterocycles. The lowest BCUT2D eigenvalue weighted by Gasteiger charge is -2.15. The smallest absolute Gasteiger partial charge is 0.323 e. The Morgan fingerprint density at radius 1 is 1.03 bits per heavy atom. The Balaban J connectivity index is 1.75. The molecule has 0 fully saturated rings. The first-order valence-corrected chi connectivity index (χ1v) is 9.79. The summed E-state index contributed by atoms with van der Waals surface area (Å²) in [6.07, 6.45) is 2.75. The zero-order valence-electron chi connectivity index (χ0n) is 15.8. The summed E-state index contributed by atoms with van der Waals surface area (Å²) in [4.78, 5) is 28.4. The molecule has 0 unspecified atom stereocenters. The fraction of sp³-hybridized carbons (Fsp3) is 0.227. The van der Waals surface area contributed by atoms with Gasteiger partial charge in [-0.1, -0.05) is 72.3 Å². The number of carboxylic acid groups (broad SMARTS) is 1. The maximum atomic E-state index is 12.9. The molecule has 29 heavy (non-hydrogen) atoms. The molecule has 7 heteroatoms. The number of nitrogens with one attached hydrogen (secondary N) is 1. The Morgan fingerprint density at radius 2 is 1.69 bits per heavy atom. The highest BCUT2D eigenvalue weighted by Gasteiger charge is 2.18. The Bertz CT molecular complexity index is 1020. The number of anilines is 1. The molecule has 3 aromatic rings. The second-order valence-electron chi connectivity index (χ2n) is 6.62. The van der Waals surface area contributed by atoms with Crippen LogP contribution in [0.15, 0.2) is 65.5 Å². The minimum atomic E-state index is -1.12. The summed E-state index contributed by atoms with van der Waals surface area (Å²) in [7, 11) is 0. The molecular weight excluding hydrogens is 390 g/mol. The zero-order chi connectivity index (χ0) is 20.6. The van der Waals surface area contributed by atoms with Crippen molar-refractivity contribution in [1.82, 2.24) is 9.55 Å². The van der Waals surface area contributed by atoms with Gasteiger partial charge in [0.2, 0.25) is 0 Å². The van der Waals surface area contributed by atoms with E-state index >= 15 is 0 Å². The van der Waals surface area contributed by atoms with E-state index in [4.69, 9.17) is 11.6 Å². The molecule has 0 atom stereocenters. The average Bonchev–Trinajstić information content (AvgIpc) is 2.72. The van der Waals surface area contributed by atoms with Crippen LogP contribution in [0.3, 0.4) is 0 Å². The summed E-state index contributed by atoms with van der Waals surface area (Å²) >= 11 is 6.34. The number of aromatic nitrogens is 2. The third kappa shape index (κ3) is 5.45. The largest absolute Gasteiger partial charge is 0.480 e. The molecule has 0 saturated carbocycles. The Labute approximate surface area is 173 Å². The van der Waals surface area contributed by atoms with Gasteiger partial charge in [0, 0.05) is 12.1 Å². The summed E-state index contributed by atoms with van der Waals surface area (Å²) in [5.41, 5.74) is 1.70. The molecule has 0 aliphatic rings. The number of halogens is 1. The summed E-state index contributed by atoms with van der Waals surface area (Å²) in [6, 6.07) is 19.1. The number of carbonyl (C=O) groups is 1. The number of unbranched alkanes of at least 4 members (excludes halogenated alkanes) is 1. The standard InChI is InChI=1S/C22H22ClN3O3/c23-20-19(17-12-5-2-6-13-17)26(15-18(27)28)22(29)21(25-20)24-14-8-7-11-16-9-3-1-4-10-16/h1-6,9-10,12-13H,7-8,11,14-15H2,(H,24,25)(H,27,28). The van der Waals surface area contributed by atoms with Crippen molar-refractivity contribution in [2.75, 3.05) is 11.9 Å². The van der Waals surface area contributed by atoms with Gasteiger partial charge in [-0.05, 0) is 24.8 Å². The molecule has 0 aliphatic carbocycles.